The zero-order valence-corrected chi connectivity index (χ0v) is 22.9. The van der Waals surface area contributed by atoms with Gasteiger partial charge < -0.3 is 4.74 Å². The van der Waals surface area contributed by atoms with Crippen LogP contribution in [0.3, 0.4) is 0 Å². The highest BCUT2D eigenvalue weighted by Gasteiger charge is 2.24. The first-order valence-electron chi connectivity index (χ1n) is 12.3. The molecule has 4 rings (SSSR count). The van der Waals surface area contributed by atoms with Crippen LogP contribution < -0.4 is 9.64 Å². The van der Waals surface area contributed by atoms with Crippen LogP contribution in [-0.4, -0.2) is 43.8 Å². The molecule has 0 radical (unpaired) electrons. The summed E-state index contributed by atoms with van der Waals surface area (Å²) in [5.41, 5.74) is 2.13. The molecule has 0 atom stereocenters. The number of benzene rings is 3. The van der Waals surface area contributed by atoms with Crippen molar-refractivity contribution in [2.75, 3.05) is 25.1 Å². The van der Waals surface area contributed by atoms with Crippen LogP contribution in [0.5, 0.6) is 5.75 Å². The van der Waals surface area contributed by atoms with Gasteiger partial charge >= 0.3 is 0 Å². The fourth-order valence-corrected chi connectivity index (χ4v) is 6.06. The predicted octanol–water partition coefficient (Wildman–Crippen LogP) is 5.96. The highest BCUT2D eigenvalue weighted by Crippen LogP contribution is 2.33. The quantitative estimate of drug-likeness (QED) is 0.236. The summed E-state index contributed by atoms with van der Waals surface area (Å²) < 4.78 is 33.7. The molecule has 0 spiro atoms. The van der Waals surface area contributed by atoms with Gasteiger partial charge in [-0.15, -0.1) is 0 Å². The van der Waals surface area contributed by atoms with Gasteiger partial charge in [-0.05, 0) is 61.4 Å². The fourth-order valence-electron chi connectivity index (χ4n) is 3.86. The highest BCUT2D eigenvalue weighted by molar-refractivity contribution is 7.89. The maximum atomic E-state index is 13.7. The molecule has 194 valence electrons. The molecule has 0 saturated carbocycles. The van der Waals surface area contributed by atoms with Crippen LogP contribution in [-0.2, 0) is 16.6 Å². The molecule has 1 amide bonds. The summed E-state index contributed by atoms with van der Waals surface area (Å²) in [4.78, 5) is 20.3. The predicted molar refractivity (Wildman–Crippen MR) is 149 cm³/mol. The Bertz CT molecular complexity index is 1450. The van der Waals surface area contributed by atoms with Crippen molar-refractivity contribution in [1.29, 1.82) is 0 Å². The standard InChI is InChI=1S/C28H31N3O4S2/c1-4-6-18-30(3)37(33,34)24-15-12-22(13-16-24)27(32)31(20-21-10-8-7-9-11-21)28-29-25-17-14-23(35-5-2)19-26(25)36-28/h7-17,19H,4-6,18,20H2,1-3H3. The fraction of sp³-hybridized carbons (Fsp3) is 0.286. The van der Waals surface area contributed by atoms with Crippen molar-refractivity contribution in [3.63, 3.8) is 0 Å². The van der Waals surface area contributed by atoms with Gasteiger partial charge in [0.15, 0.2) is 5.13 Å². The van der Waals surface area contributed by atoms with Gasteiger partial charge in [0.1, 0.15) is 5.75 Å². The van der Waals surface area contributed by atoms with Gasteiger partial charge in [-0.2, -0.15) is 0 Å². The normalized spacial score (nSPS) is 11.7. The minimum absolute atomic E-state index is 0.167. The lowest BCUT2D eigenvalue weighted by Crippen LogP contribution is -2.30. The maximum absolute atomic E-state index is 13.7. The largest absolute Gasteiger partial charge is 0.494 e. The smallest absolute Gasteiger partial charge is 0.260 e. The van der Waals surface area contributed by atoms with Crippen molar-refractivity contribution in [2.24, 2.45) is 0 Å². The molecule has 0 aliphatic carbocycles. The summed E-state index contributed by atoms with van der Waals surface area (Å²) in [5.74, 6) is 0.503. The summed E-state index contributed by atoms with van der Waals surface area (Å²) in [7, 11) is -2.04. The second-order valence-electron chi connectivity index (χ2n) is 8.64. The van der Waals surface area contributed by atoms with Crippen LogP contribution >= 0.6 is 11.3 Å². The number of aromatic nitrogens is 1. The maximum Gasteiger partial charge on any atom is 0.260 e. The number of ether oxygens (including phenoxy) is 1. The molecule has 37 heavy (non-hydrogen) atoms. The average Bonchev–Trinajstić information content (AvgIpc) is 3.34. The van der Waals surface area contributed by atoms with Crippen LogP contribution in [0.25, 0.3) is 10.2 Å². The summed E-state index contributed by atoms with van der Waals surface area (Å²) in [5, 5.41) is 0.563. The Labute approximate surface area is 222 Å². The second kappa shape index (κ2) is 11.9. The van der Waals surface area contributed by atoms with Crippen LogP contribution in [0.4, 0.5) is 5.13 Å². The third-order valence-corrected chi connectivity index (χ3v) is 8.87. The molecule has 0 aliphatic heterocycles. The summed E-state index contributed by atoms with van der Waals surface area (Å²) in [6.07, 6.45) is 1.69. The molecular weight excluding hydrogens is 506 g/mol. The van der Waals surface area contributed by atoms with Crippen molar-refractivity contribution in [3.8, 4) is 5.75 Å². The number of unbranched alkanes of at least 4 members (excludes halogenated alkanes) is 1. The molecule has 1 aromatic heterocycles. The van der Waals surface area contributed by atoms with E-state index in [1.165, 1.54) is 27.8 Å². The molecule has 7 nitrogen and oxygen atoms in total. The second-order valence-corrected chi connectivity index (χ2v) is 11.7. The summed E-state index contributed by atoms with van der Waals surface area (Å²) >= 11 is 1.42. The lowest BCUT2D eigenvalue weighted by Gasteiger charge is -2.21. The lowest BCUT2D eigenvalue weighted by atomic mass is 10.1. The number of fused-ring (bicyclic) bond motifs is 1. The van der Waals surface area contributed by atoms with E-state index in [1.54, 1.807) is 24.1 Å². The number of amides is 1. The Morgan fingerprint density at radius 1 is 1.00 bits per heavy atom. The van der Waals surface area contributed by atoms with E-state index in [0.29, 0.717) is 30.4 Å². The molecular formula is C28H31N3O4S2. The molecule has 0 N–H and O–H groups in total. The monoisotopic (exact) mass is 537 g/mol. The molecule has 9 heteroatoms. The van der Waals surface area contributed by atoms with Crippen LogP contribution in [0.2, 0.25) is 0 Å². The lowest BCUT2D eigenvalue weighted by molar-refractivity contribution is 0.0985. The minimum Gasteiger partial charge on any atom is -0.494 e. The molecule has 0 fully saturated rings. The van der Waals surface area contributed by atoms with E-state index in [4.69, 9.17) is 9.72 Å². The third kappa shape index (κ3) is 6.18. The Balaban J connectivity index is 1.66. The van der Waals surface area contributed by atoms with Gasteiger partial charge in [0.25, 0.3) is 5.91 Å². The number of nitrogens with zero attached hydrogens (tertiary/aromatic N) is 3. The molecule has 0 saturated heterocycles. The van der Waals surface area contributed by atoms with E-state index in [9.17, 15) is 13.2 Å². The first-order valence-corrected chi connectivity index (χ1v) is 14.5. The van der Waals surface area contributed by atoms with Crippen molar-refractivity contribution < 1.29 is 17.9 Å². The first-order chi connectivity index (χ1) is 17.8. The first kappa shape index (κ1) is 26.8. The van der Waals surface area contributed by atoms with Gasteiger partial charge in [0.2, 0.25) is 10.0 Å². The van der Waals surface area contributed by atoms with Gasteiger partial charge in [0.05, 0.1) is 28.3 Å². The molecule has 3 aromatic carbocycles. The number of sulfonamides is 1. The van der Waals surface area contributed by atoms with Crippen molar-refractivity contribution in [2.45, 2.75) is 38.1 Å². The highest BCUT2D eigenvalue weighted by atomic mass is 32.2. The molecule has 0 unspecified atom stereocenters. The topological polar surface area (TPSA) is 79.8 Å². The number of rotatable bonds is 11. The molecule has 4 aromatic rings. The van der Waals surface area contributed by atoms with E-state index in [-0.39, 0.29) is 10.8 Å². The number of carbonyl (C=O) groups excluding carboxylic acids is 1. The zero-order valence-electron chi connectivity index (χ0n) is 21.3. The van der Waals surface area contributed by atoms with E-state index >= 15 is 0 Å². The van der Waals surface area contributed by atoms with Crippen LogP contribution in [0.1, 0.15) is 42.6 Å². The Hall–Kier alpha value is -3.27. The van der Waals surface area contributed by atoms with Gasteiger partial charge in [-0.25, -0.2) is 17.7 Å². The molecule has 0 bridgehead atoms. The minimum atomic E-state index is -3.61. The van der Waals surface area contributed by atoms with Crippen LogP contribution in [0.15, 0.2) is 77.7 Å². The summed E-state index contributed by atoms with van der Waals surface area (Å²) in [6.45, 7) is 5.30. The van der Waals surface area contributed by atoms with E-state index in [1.807, 2.05) is 62.4 Å². The van der Waals surface area contributed by atoms with E-state index in [0.717, 1.165) is 34.4 Å². The van der Waals surface area contributed by atoms with Gasteiger partial charge in [0, 0.05) is 19.2 Å². The average molecular weight is 538 g/mol. The number of carbonyl (C=O) groups is 1. The Kier molecular flexibility index (Phi) is 8.58. The van der Waals surface area contributed by atoms with Gasteiger partial charge in [-0.1, -0.05) is 55.0 Å². The SMILES string of the molecule is CCCCN(C)S(=O)(=O)c1ccc(C(=O)N(Cc2ccccc2)c2nc3ccc(OCC)cc3s2)cc1. The molecule has 1 heterocycles. The Morgan fingerprint density at radius 2 is 1.73 bits per heavy atom. The van der Waals surface area contributed by atoms with Crippen molar-refractivity contribution in [1.82, 2.24) is 9.29 Å². The summed E-state index contributed by atoms with van der Waals surface area (Å²) in [6, 6.07) is 21.5. The van der Waals surface area contributed by atoms with Crippen LogP contribution in [0, 0.1) is 0 Å². The Morgan fingerprint density at radius 3 is 2.41 bits per heavy atom. The number of thiazole rings is 1. The molecule has 0 aliphatic rings. The van der Waals surface area contributed by atoms with Crippen molar-refractivity contribution in [3.05, 3.63) is 83.9 Å². The van der Waals surface area contributed by atoms with E-state index in [2.05, 4.69) is 0 Å². The number of hydrogen-bond acceptors (Lipinski definition) is 6. The third-order valence-electron chi connectivity index (χ3n) is 5.96. The zero-order chi connectivity index (χ0) is 26.4. The number of hydrogen-bond donors (Lipinski definition) is 0. The van der Waals surface area contributed by atoms with E-state index < -0.39 is 10.0 Å². The number of anilines is 1. The van der Waals surface area contributed by atoms with Crippen molar-refractivity contribution >= 4 is 42.6 Å². The van der Waals surface area contributed by atoms with Gasteiger partial charge in [-0.3, -0.25) is 9.69 Å².